The Morgan fingerprint density at radius 1 is 0.744 bits per heavy atom. The number of hydrogen-bond donors (Lipinski definition) is 2. The van der Waals surface area contributed by atoms with Crippen LogP contribution in [0.1, 0.15) is 126 Å². The van der Waals surface area contributed by atoms with Gasteiger partial charge in [-0.05, 0) is 42.4 Å². The van der Waals surface area contributed by atoms with Gasteiger partial charge in [0, 0.05) is 5.56 Å². The molecule has 1 unspecified atom stereocenters. The summed E-state index contributed by atoms with van der Waals surface area (Å²) in [7, 11) is 0. The van der Waals surface area contributed by atoms with Crippen LogP contribution in [0.2, 0.25) is 0 Å². The van der Waals surface area contributed by atoms with Crippen molar-refractivity contribution in [3.8, 4) is 0 Å². The zero-order valence-electron chi connectivity index (χ0n) is 24.7. The highest BCUT2D eigenvalue weighted by atomic mass is 16.1. The number of para-hydroxylation sites is 1. The Bertz CT molecular complexity index is 1030. The van der Waals surface area contributed by atoms with Crippen LogP contribution in [-0.4, -0.2) is 5.91 Å². The third kappa shape index (κ3) is 8.30. The maximum atomic E-state index is 12.6. The van der Waals surface area contributed by atoms with Gasteiger partial charge in [0.05, 0.1) is 12.1 Å². The largest absolute Gasteiger partial charge is 0.370 e. The van der Waals surface area contributed by atoms with Gasteiger partial charge in [-0.3, -0.25) is 4.79 Å². The number of hydrogen-bond acceptors (Lipinski definition) is 5. The first-order valence-corrected chi connectivity index (χ1v) is 15.5. The van der Waals surface area contributed by atoms with Gasteiger partial charge in [0.15, 0.2) is 0 Å². The third-order valence-electron chi connectivity index (χ3n) is 7.86. The van der Waals surface area contributed by atoms with Crippen LogP contribution in [0, 0.1) is 0 Å². The van der Waals surface area contributed by atoms with E-state index in [2.05, 4.69) is 67.9 Å². The molecule has 0 aliphatic carbocycles. The van der Waals surface area contributed by atoms with Gasteiger partial charge in [0.25, 0.3) is 0 Å². The molecular weight excluding hydrogens is 482 g/mol. The number of unbranched alkanes of at least 4 members (excludes halogenated alkanes) is 9. The SMILES string of the molecule is CCCCCCCCCCCCc1ccccc1C1(CC(N)=O)N=NNN1c1c(CCC)cccc1CCC. The Morgan fingerprint density at radius 3 is 1.90 bits per heavy atom. The fraction of sp³-hybridized carbons (Fsp3) is 0.606. The molecule has 3 rings (SSSR count). The number of aryl methyl sites for hydroxylation is 3. The van der Waals surface area contributed by atoms with E-state index in [1.807, 2.05) is 11.1 Å². The molecular formula is C33H51N5O. The molecule has 0 spiro atoms. The van der Waals surface area contributed by atoms with Gasteiger partial charge in [-0.15, -0.1) is 5.11 Å². The molecule has 0 saturated heterocycles. The van der Waals surface area contributed by atoms with E-state index in [0.717, 1.165) is 49.8 Å². The highest BCUT2D eigenvalue weighted by molar-refractivity contribution is 5.77. The van der Waals surface area contributed by atoms with Crippen LogP contribution in [-0.2, 0) is 29.7 Å². The molecule has 2 aromatic rings. The number of hydrazine groups is 1. The van der Waals surface area contributed by atoms with Crippen molar-refractivity contribution >= 4 is 11.6 Å². The van der Waals surface area contributed by atoms with Crippen molar-refractivity contribution in [1.82, 2.24) is 5.53 Å². The molecule has 6 nitrogen and oxygen atoms in total. The molecule has 1 atom stereocenters. The molecule has 1 amide bonds. The van der Waals surface area contributed by atoms with Crippen LogP contribution in [0.4, 0.5) is 5.69 Å². The Hall–Kier alpha value is -2.89. The van der Waals surface area contributed by atoms with Crippen LogP contribution in [0.25, 0.3) is 0 Å². The number of nitrogens with zero attached hydrogens (tertiary/aromatic N) is 3. The third-order valence-corrected chi connectivity index (χ3v) is 7.86. The number of benzene rings is 2. The summed E-state index contributed by atoms with van der Waals surface area (Å²) in [5, 5.41) is 11.1. The second-order valence-electron chi connectivity index (χ2n) is 11.1. The van der Waals surface area contributed by atoms with Gasteiger partial charge in [0.1, 0.15) is 0 Å². The summed E-state index contributed by atoms with van der Waals surface area (Å²) in [6.45, 7) is 6.66. The minimum Gasteiger partial charge on any atom is -0.370 e. The number of carbonyl (C=O) groups is 1. The van der Waals surface area contributed by atoms with E-state index in [0.29, 0.717) is 0 Å². The Balaban J connectivity index is 1.82. The lowest BCUT2D eigenvalue weighted by atomic mass is 9.87. The van der Waals surface area contributed by atoms with Crippen molar-refractivity contribution in [2.45, 2.75) is 129 Å². The van der Waals surface area contributed by atoms with Crippen molar-refractivity contribution in [2.24, 2.45) is 16.1 Å². The first kappa shape index (κ1) is 30.6. The Morgan fingerprint density at radius 2 is 1.31 bits per heavy atom. The molecule has 2 aromatic carbocycles. The van der Waals surface area contributed by atoms with E-state index in [-0.39, 0.29) is 12.3 Å². The summed E-state index contributed by atoms with van der Waals surface area (Å²) < 4.78 is 0. The maximum Gasteiger partial charge on any atom is 0.222 e. The molecule has 39 heavy (non-hydrogen) atoms. The van der Waals surface area contributed by atoms with E-state index >= 15 is 0 Å². The topological polar surface area (TPSA) is 83.1 Å². The van der Waals surface area contributed by atoms with Crippen molar-refractivity contribution in [3.63, 3.8) is 0 Å². The average molecular weight is 534 g/mol. The molecule has 214 valence electrons. The second kappa shape index (κ2) is 16.3. The van der Waals surface area contributed by atoms with Crippen molar-refractivity contribution in [3.05, 3.63) is 64.7 Å². The average Bonchev–Trinajstić information content (AvgIpc) is 3.33. The normalized spacial score (nSPS) is 16.5. The van der Waals surface area contributed by atoms with Gasteiger partial charge in [-0.2, -0.15) is 5.53 Å². The molecule has 6 heteroatoms. The Labute approximate surface area is 236 Å². The molecule has 0 fully saturated rings. The molecule has 1 aliphatic heterocycles. The number of nitrogens with two attached hydrogens (primary N) is 1. The van der Waals surface area contributed by atoms with Gasteiger partial charge in [-0.1, -0.05) is 139 Å². The highest BCUT2D eigenvalue weighted by Gasteiger charge is 2.47. The van der Waals surface area contributed by atoms with Crippen molar-refractivity contribution < 1.29 is 4.79 Å². The lowest BCUT2D eigenvalue weighted by Crippen LogP contribution is -2.50. The van der Waals surface area contributed by atoms with Gasteiger partial charge >= 0.3 is 0 Å². The highest BCUT2D eigenvalue weighted by Crippen LogP contribution is 2.44. The predicted molar refractivity (Wildman–Crippen MR) is 162 cm³/mol. The number of anilines is 1. The van der Waals surface area contributed by atoms with Crippen LogP contribution in [0.3, 0.4) is 0 Å². The van der Waals surface area contributed by atoms with E-state index < -0.39 is 5.66 Å². The zero-order chi connectivity index (χ0) is 27.9. The zero-order valence-corrected chi connectivity index (χ0v) is 24.7. The van der Waals surface area contributed by atoms with Crippen LogP contribution in [0.15, 0.2) is 52.8 Å². The molecule has 0 saturated carbocycles. The van der Waals surface area contributed by atoms with E-state index in [1.165, 1.54) is 74.5 Å². The maximum absolute atomic E-state index is 12.6. The predicted octanol–water partition coefficient (Wildman–Crippen LogP) is 8.48. The van der Waals surface area contributed by atoms with Crippen LogP contribution >= 0.6 is 0 Å². The van der Waals surface area contributed by atoms with Crippen molar-refractivity contribution in [1.29, 1.82) is 0 Å². The summed E-state index contributed by atoms with van der Waals surface area (Å²) in [5.41, 5.74) is 13.9. The standard InChI is InChI=1S/C33H51N5O/c1-4-7-8-9-10-11-12-13-14-15-21-27-22-16-17-25-30(27)33(26-31(34)39)35-36-37-38(33)32-28(19-5-2)23-18-24-29(32)20-6-3/h16-18,22-25H,4-15,19-21,26H2,1-3H3,(H2,34,39)(H,35,37). The fourth-order valence-corrected chi connectivity index (χ4v) is 5.94. The van der Waals surface area contributed by atoms with Gasteiger partial charge < -0.3 is 5.73 Å². The lowest BCUT2D eigenvalue weighted by molar-refractivity contribution is -0.119. The number of rotatable bonds is 19. The van der Waals surface area contributed by atoms with Gasteiger partial charge in [-0.25, -0.2) is 5.01 Å². The smallest absolute Gasteiger partial charge is 0.222 e. The van der Waals surface area contributed by atoms with E-state index in [4.69, 9.17) is 10.8 Å². The van der Waals surface area contributed by atoms with E-state index in [1.54, 1.807) is 0 Å². The molecule has 0 bridgehead atoms. The summed E-state index contributed by atoms with van der Waals surface area (Å²) in [4.78, 5) is 12.6. The minimum atomic E-state index is -1.01. The number of primary amides is 1. The summed E-state index contributed by atoms with van der Waals surface area (Å²) in [6.07, 6.45) is 18.0. The minimum absolute atomic E-state index is 0.0601. The molecule has 1 aliphatic rings. The summed E-state index contributed by atoms with van der Waals surface area (Å²) >= 11 is 0. The first-order valence-electron chi connectivity index (χ1n) is 15.5. The molecule has 1 heterocycles. The number of carbonyl (C=O) groups excluding carboxylic acids is 1. The second-order valence-corrected chi connectivity index (χ2v) is 11.1. The lowest BCUT2D eigenvalue weighted by Gasteiger charge is -2.38. The number of amides is 1. The Kier molecular flexibility index (Phi) is 12.8. The summed E-state index contributed by atoms with van der Waals surface area (Å²) in [5.74, 6) is -0.388. The summed E-state index contributed by atoms with van der Waals surface area (Å²) in [6, 6.07) is 14.9. The monoisotopic (exact) mass is 533 g/mol. The van der Waals surface area contributed by atoms with Crippen LogP contribution < -0.4 is 16.3 Å². The van der Waals surface area contributed by atoms with Crippen LogP contribution in [0.5, 0.6) is 0 Å². The fourth-order valence-electron chi connectivity index (χ4n) is 5.94. The molecule has 3 N–H and O–H groups in total. The number of nitrogens with one attached hydrogen (secondary N) is 1. The van der Waals surface area contributed by atoms with Gasteiger partial charge in [0.2, 0.25) is 11.6 Å². The van der Waals surface area contributed by atoms with Crippen molar-refractivity contribution in [2.75, 3.05) is 5.01 Å². The molecule has 0 aromatic heterocycles. The van der Waals surface area contributed by atoms with E-state index in [9.17, 15) is 4.79 Å². The quantitative estimate of drug-likeness (QED) is 0.178. The molecule has 0 radical (unpaired) electrons. The first-order chi connectivity index (χ1) is 19.1.